The van der Waals surface area contributed by atoms with Gasteiger partial charge in [-0.15, -0.1) is 0 Å². The first kappa shape index (κ1) is 15.0. The van der Waals surface area contributed by atoms with Gasteiger partial charge in [-0.05, 0) is 20.3 Å². The van der Waals surface area contributed by atoms with Crippen molar-refractivity contribution in [3.63, 3.8) is 0 Å². The number of hydrogen-bond donors (Lipinski definition) is 1. The lowest BCUT2D eigenvalue weighted by molar-refractivity contribution is -0.137. The molecule has 3 atom stereocenters. The molecular formula is C14H23N3O3. The average Bonchev–Trinajstić information content (AvgIpc) is 2.96. The van der Waals surface area contributed by atoms with Crippen molar-refractivity contribution < 1.29 is 14.6 Å². The predicted molar refractivity (Wildman–Crippen MR) is 74.1 cm³/mol. The SMILES string of the molecule is Cc1c([C@H]2OCC[C@@H]2C(=O)N(C)C[C@@H](C)O)cnn1C. The summed E-state index contributed by atoms with van der Waals surface area (Å²) in [5.74, 6) is -0.168. The van der Waals surface area contributed by atoms with Crippen LogP contribution in [0, 0.1) is 12.8 Å². The zero-order valence-electron chi connectivity index (χ0n) is 12.5. The number of carbonyl (C=O) groups excluding carboxylic acids is 1. The van der Waals surface area contributed by atoms with Crippen molar-refractivity contribution >= 4 is 5.91 Å². The van der Waals surface area contributed by atoms with Crippen LogP contribution in [0.5, 0.6) is 0 Å². The summed E-state index contributed by atoms with van der Waals surface area (Å²) in [5.41, 5.74) is 2.00. The molecule has 0 radical (unpaired) electrons. The molecule has 1 N–H and O–H groups in total. The number of aliphatic hydroxyl groups is 1. The van der Waals surface area contributed by atoms with Crippen LogP contribution < -0.4 is 0 Å². The normalized spacial score (nSPS) is 23.9. The molecule has 0 spiro atoms. The van der Waals surface area contributed by atoms with E-state index in [2.05, 4.69) is 5.10 Å². The van der Waals surface area contributed by atoms with Crippen molar-refractivity contribution in [2.45, 2.75) is 32.5 Å². The van der Waals surface area contributed by atoms with E-state index in [0.717, 1.165) is 11.3 Å². The zero-order valence-corrected chi connectivity index (χ0v) is 12.5. The van der Waals surface area contributed by atoms with E-state index in [0.29, 0.717) is 19.6 Å². The highest BCUT2D eigenvalue weighted by Gasteiger charge is 2.38. The van der Waals surface area contributed by atoms with Crippen molar-refractivity contribution in [3.8, 4) is 0 Å². The number of hydrogen-bond acceptors (Lipinski definition) is 4. The number of ether oxygens (including phenoxy) is 1. The molecule has 1 fully saturated rings. The number of aliphatic hydroxyl groups excluding tert-OH is 1. The predicted octanol–water partition coefficient (Wildman–Crippen LogP) is 0.645. The minimum atomic E-state index is -0.523. The van der Waals surface area contributed by atoms with Crippen LogP contribution in [-0.2, 0) is 16.6 Å². The second-order valence-corrected chi connectivity index (χ2v) is 5.56. The van der Waals surface area contributed by atoms with Gasteiger partial charge in [0.15, 0.2) is 0 Å². The average molecular weight is 281 g/mol. The molecule has 1 aromatic rings. The molecule has 2 heterocycles. The highest BCUT2D eigenvalue weighted by Crippen LogP contribution is 2.36. The molecule has 0 bridgehead atoms. The Bertz CT molecular complexity index is 484. The van der Waals surface area contributed by atoms with Gasteiger partial charge < -0.3 is 14.7 Å². The fourth-order valence-electron chi connectivity index (χ4n) is 2.71. The summed E-state index contributed by atoms with van der Waals surface area (Å²) in [6.07, 6.45) is 1.74. The third-order valence-electron chi connectivity index (χ3n) is 3.90. The number of aryl methyl sites for hydroxylation is 1. The first-order valence-corrected chi connectivity index (χ1v) is 6.95. The van der Waals surface area contributed by atoms with Gasteiger partial charge in [0.25, 0.3) is 0 Å². The number of nitrogens with zero attached hydrogens (tertiary/aromatic N) is 3. The topological polar surface area (TPSA) is 67.6 Å². The molecule has 2 rings (SSSR count). The van der Waals surface area contributed by atoms with Crippen LogP contribution in [0.15, 0.2) is 6.20 Å². The summed E-state index contributed by atoms with van der Waals surface area (Å²) in [6, 6.07) is 0. The van der Waals surface area contributed by atoms with Gasteiger partial charge in [0.2, 0.25) is 5.91 Å². The zero-order chi connectivity index (χ0) is 14.9. The highest BCUT2D eigenvalue weighted by atomic mass is 16.5. The monoisotopic (exact) mass is 281 g/mol. The standard InChI is InChI=1S/C14H23N3O3/c1-9(18)8-16(3)14(19)11-5-6-20-13(11)12-7-15-17(4)10(12)2/h7,9,11,13,18H,5-6,8H2,1-4H3/t9-,11+,13+/m1/s1. The van der Waals surface area contributed by atoms with Gasteiger partial charge >= 0.3 is 0 Å². The van der Waals surface area contributed by atoms with E-state index in [9.17, 15) is 9.90 Å². The molecule has 1 aliphatic rings. The molecular weight excluding hydrogens is 258 g/mol. The summed E-state index contributed by atoms with van der Waals surface area (Å²) in [4.78, 5) is 14.1. The van der Waals surface area contributed by atoms with Gasteiger partial charge in [0.05, 0.1) is 24.3 Å². The Hall–Kier alpha value is -1.40. The number of rotatable bonds is 4. The number of carbonyl (C=O) groups is 1. The van der Waals surface area contributed by atoms with E-state index in [1.807, 2.05) is 14.0 Å². The van der Waals surface area contributed by atoms with Gasteiger partial charge in [-0.2, -0.15) is 5.10 Å². The Morgan fingerprint density at radius 1 is 1.70 bits per heavy atom. The van der Waals surface area contributed by atoms with Crippen molar-refractivity contribution in [1.82, 2.24) is 14.7 Å². The van der Waals surface area contributed by atoms with Crippen LogP contribution in [0.1, 0.15) is 30.7 Å². The van der Waals surface area contributed by atoms with E-state index < -0.39 is 6.10 Å². The molecule has 112 valence electrons. The molecule has 0 aromatic carbocycles. The largest absolute Gasteiger partial charge is 0.392 e. The van der Waals surface area contributed by atoms with E-state index in [4.69, 9.17) is 4.74 Å². The smallest absolute Gasteiger partial charge is 0.228 e. The Kier molecular flexibility index (Phi) is 4.45. The Balaban J connectivity index is 2.15. The molecule has 6 heteroatoms. The van der Waals surface area contributed by atoms with E-state index in [1.54, 1.807) is 29.7 Å². The summed E-state index contributed by atoms with van der Waals surface area (Å²) in [6.45, 7) is 4.58. The molecule has 0 unspecified atom stereocenters. The summed E-state index contributed by atoms with van der Waals surface area (Å²) in [7, 11) is 3.60. The van der Waals surface area contributed by atoms with Crippen LogP contribution in [-0.4, -0.2) is 52.0 Å². The van der Waals surface area contributed by atoms with Gasteiger partial charge in [-0.1, -0.05) is 0 Å². The van der Waals surface area contributed by atoms with Crippen LogP contribution in [0.2, 0.25) is 0 Å². The van der Waals surface area contributed by atoms with E-state index in [-0.39, 0.29) is 17.9 Å². The molecule has 1 aromatic heterocycles. The summed E-state index contributed by atoms with van der Waals surface area (Å²) >= 11 is 0. The third-order valence-corrected chi connectivity index (χ3v) is 3.90. The lowest BCUT2D eigenvalue weighted by atomic mass is 9.94. The molecule has 1 amide bonds. The third kappa shape index (κ3) is 2.86. The second-order valence-electron chi connectivity index (χ2n) is 5.56. The molecule has 1 saturated heterocycles. The molecule has 20 heavy (non-hydrogen) atoms. The minimum absolute atomic E-state index is 0.0247. The number of amides is 1. The Morgan fingerprint density at radius 3 is 2.95 bits per heavy atom. The van der Waals surface area contributed by atoms with Crippen molar-refractivity contribution in [1.29, 1.82) is 0 Å². The van der Waals surface area contributed by atoms with Gasteiger partial charge in [0.1, 0.15) is 0 Å². The van der Waals surface area contributed by atoms with E-state index >= 15 is 0 Å². The van der Waals surface area contributed by atoms with Crippen LogP contribution >= 0.6 is 0 Å². The van der Waals surface area contributed by atoms with Gasteiger partial charge in [0, 0.05) is 38.5 Å². The Morgan fingerprint density at radius 2 is 2.40 bits per heavy atom. The highest BCUT2D eigenvalue weighted by molar-refractivity contribution is 5.79. The first-order chi connectivity index (χ1) is 9.41. The number of aromatic nitrogens is 2. The first-order valence-electron chi connectivity index (χ1n) is 6.95. The maximum Gasteiger partial charge on any atom is 0.228 e. The lowest BCUT2D eigenvalue weighted by Gasteiger charge is -2.25. The molecule has 1 aliphatic heterocycles. The molecule has 6 nitrogen and oxygen atoms in total. The van der Waals surface area contributed by atoms with Crippen LogP contribution in [0.3, 0.4) is 0 Å². The maximum absolute atomic E-state index is 12.5. The summed E-state index contributed by atoms with van der Waals surface area (Å²) < 4.78 is 7.55. The summed E-state index contributed by atoms with van der Waals surface area (Å²) in [5, 5.41) is 13.6. The van der Waals surface area contributed by atoms with Crippen LogP contribution in [0.4, 0.5) is 0 Å². The van der Waals surface area contributed by atoms with Crippen LogP contribution in [0.25, 0.3) is 0 Å². The quantitative estimate of drug-likeness (QED) is 0.879. The molecule has 0 saturated carbocycles. The minimum Gasteiger partial charge on any atom is -0.392 e. The molecule has 0 aliphatic carbocycles. The van der Waals surface area contributed by atoms with Gasteiger partial charge in [-0.3, -0.25) is 9.48 Å². The maximum atomic E-state index is 12.5. The van der Waals surface area contributed by atoms with Crippen molar-refractivity contribution in [2.24, 2.45) is 13.0 Å². The Labute approximate surface area is 119 Å². The fraction of sp³-hybridized carbons (Fsp3) is 0.714. The lowest BCUT2D eigenvalue weighted by Crippen LogP contribution is -2.38. The second kappa shape index (κ2) is 5.93. The van der Waals surface area contributed by atoms with Crippen molar-refractivity contribution in [2.75, 3.05) is 20.2 Å². The van der Waals surface area contributed by atoms with Crippen molar-refractivity contribution in [3.05, 3.63) is 17.5 Å². The fourth-order valence-corrected chi connectivity index (χ4v) is 2.71. The van der Waals surface area contributed by atoms with E-state index in [1.165, 1.54) is 0 Å². The number of likely N-dealkylation sites (N-methyl/N-ethyl adjacent to an activating group) is 1. The van der Waals surface area contributed by atoms with Gasteiger partial charge in [-0.25, -0.2) is 0 Å².